The zero-order chi connectivity index (χ0) is 13.1. The number of hydrogen-bond donors (Lipinski definition) is 0. The molecule has 3 heterocycles. The van der Waals surface area contributed by atoms with Gasteiger partial charge in [-0.2, -0.15) is 0 Å². The van der Waals surface area contributed by atoms with Crippen LogP contribution in [0.2, 0.25) is 0 Å². The maximum absolute atomic E-state index is 5.97. The van der Waals surface area contributed by atoms with Gasteiger partial charge in [0.1, 0.15) is 0 Å². The van der Waals surface area contributed by atoms with E-state index < -0.39 is 0 Å². The Kier molecular flexibility index (Phi) is 4.71. The zero-order valence-corrected chi connectivity index (χ0v) is 12.1. The van der Waals surface area contributed by atoms with Crippen LogP contribution in [0.15, 0.2) is 0 Å². The summed E-state index contributed by atoms with van der Waals surface area (Å²) in [6, 6.07) is 0.701. The molecule has 0 amide bonds. The van der Waals surface area contributed by atoms with Gasteiger partial charge in [0.2, 0.25) is 0 Å². The molecular formula is C14H27N3O2. The third kappa shape index (κ3) is 3.67. The summed E-state index contributed by atoms with van der Waals surface area (Å²) in [5, 5.41) is 0. The first-order chi connectivity index (χ1) is 9.31. The smallest absolute Gasteiger partial charge is 0.0714 e. The molecule has 5 heteroatoms. The van der Waals surface area contributed by atoms with E-state index in [2.05, 4.69) is 21.7 Å². The Hall–Kier alpha value is -0.200. The van der Waals surface area contributed by atoms with Crippen molar-refractivity contribution >= 4 is 0 Å². The molecule has 0 saturated carbocycles. The van der Waals surface area contributed by atoms with Crippen LogP contribution in [-0.2, 0) is 9.47 Å². The predicted octanol–water partition coefficient (Wildman–Crippen LogP) is -0.276. The monoisotopic (exact) mass is 269 g/mol. The lowest BCUT2D eigenvalue weighted by Gasteiger charge is -2.42. The van der Waals surface area contributed by atoms with Gasteiger partial charge in [0.15, 0.2) is 0 Å². The summed E-state index contributed by atoms with van der Waals surface area (Å²) in [7, 11) is 2.17. The number of piperazine rings is 1. The molecule has 3 aliphatic heterocycles. The second-order valence-corrected chi connectivity index (χ2v) is 6.11. The molecule has 1 atom stereocenters. The van der Waals surface area contributed by atoms with E-state index in [1.54, 1.807) is 0 Å². The molecule has 0 radical (unpaired) electrons. The van der Waals surface area contributed by atoms with Gasteiger partial charge in [-0.25, -0.2) is 0 Å². The van der Waals surface area contributed by atoms with E-state index in [0.717, 1.165) is 32.9 Å². The summed E-state index contributed by atoms with van der Waals surface area (Å²) in [5.74, 6) is 0. The molecule has 1 unspecified atom stereocenters. The number of ether oxygens (including phenoxy) is 2. The van der Waals surface area contributed by atoms with Gasteiger partial charge in [-0.3, -0.25) is 9.80 Å². The molecule has 110 valence electrons. The summed E-state index contributed by atoms with van der Waals surface area (Å²) in [5.41, 5.74) is 0. The van der Waals surface area contributed by atoms with Gasteiger partial charge in [0.25, 0.3) is 0 Å². The van der Waals surface area contributed by atoms with Crippen molar-refractivity contribution in [2.45, 2.75) is 18.6 Å². The molecule has 0 spiro atoms. The molecule has 3 fully saturated rings. The van der Waals surface area contributed by atoms with E-state index in [9.17, 15) is 0 Å². The molecule has 3 aliphatic rings. The van der Waals surface area contributed by atoms with Gasteiger partial charge in [-0.15, -0.1) is 0 Å². The van der Waals surface area contributed by atoms with Crippen molar-refractivity contribution in [3.8, 4) is 0 Å². The van der Waals surface area contributed by atoms with E-state index in [-0.39, 0.29) is 0 Å². The van der Waals surface area contributed by atoms with Gasteiger partial charge < -0.3 is 14.4 Å². The zero-order valence-electron chi connectivity index (χ0n) is 12.1. The molecule has 3 rings (SSSR count). The Balaban J connectivity index is 1.27. The minimum atomic E-state index is 0.471. The summed E-state index contributed by atoms with van der Waals surface area (Å²) >= 11 is 0. The van der Waals surface area contributed by atoms with Crippen molar-refractivity contribution in [3.05, 3.63) is 0 Å². The Labute approximate surface area is 116 Å². The van der Waals surface area contributed by atoms with Crippen LogP contribution in [0.3, 0.4) is 0 Å². The fourth-order valence-corrected chi connectivity index (χ4v) is 3.17. The van der Waals surface area contributed by atoms with Crippen molar-refractivity contribution in [2.24, 2.45) is 0 Å². The maximum atomic E-state index is 5.97. The third-order valence-electron chi connectivity index (χ3n) is 4.65. The fraction of sp³-hybridized carbons (Fsp3) is 1.00. The van der Waals surface area contributed by atoms with Crippen molar-refractivity contribution in [1.82, 2.24) is 14.7 Å². The minimum Gasteiger partial charge on any atom is -0.378 e. The van der Waals surface area contributed by atoms with E-state index in [1.165, 1.54) is 39.1 Å². The second-order valence-electron chi connectivity index (χ2n) is 6.11. The normalized spacial score (nSPS) is 31.7. The Morgan fingerprint density at radius 3 is 2.47 bits per heavy atom. The van der Waals surface area contributed by atoms with Crippen LogP contribution in [-0.4, -0.2) is 99.5 Å². The van der Waals surface area contributed by atoms with Crippen LogP contribution in [0.25, 0.3) is 0 Å². The van der Waals surface area contributed by atoms with Crippen molar-refractivity contribution in [3.63, 3.8) is 0 Å². The van der Waals surface area contributed by atoms with E-state index >= 15 is 0 Å². The van der Waals surface area contributed by atoms with Crippen molar-refractivity contribution in [1.29, 1.82) is 0 Å². The highest BCUT2D eigenvalue weighted by Crippen LogP contribution is 2.14. The average molecular weight is 269 g/mol. The lowest BCUT2D eigenvalue weighted by Crippen LogP contribution is -2.56. The quantitative estimate of drug-likeness (QED) is 0.685. The fourth-order valence-electron chi connectivity index (χ4n) is 3.17. The third-order valence-corrected chi connectivity index (χ3v) is 4.65. The molecule has 0 bridgehead atoms. The van der Waals surface area contributed by atoms with Crippen molar-refractivity contribution < 1.29 is 9.47 Å². The highest BCUT2D eigenvalue weighted by Gasteiger charge is 2.28. The summed E-state index contributed by atoms with van der Waals surface area (Å²) < 4.78 is 11.2. The molecule has 0 N–H and O–H groups in total. The van der Waals surface area contributed by atoms with Gasteiger partial charge in [-0.1, -0.05) is 0 Å². The Morgan fingerprint density at radius 2 is 1.89 bits per heavy atom. The van der Waals surface area contributed by atoms with Crippen LogP contribution < -0.4 is 0 Å². The standard InChI is InChI=1S/C14H27N3O2/c1-15-3-2-14(10-15)19-9-8-16-4-6-17(7-5-16)13-11-18-12-13/h13-14H,2-12H2,1H3. The summed E-state index contributed by atoms with van der Waals surface area (Å²) in [6.45, 7) is 10.9. The molecule has 0 aromatic rings. The van der Waals surface area contributed by atoms with Gasteiger partial charge in [0, 0.05) is 45.8 Å². The molecule has 3 saturated heterocycles. The van der Waals surface area contributed by atoms with Crippen LogP contribution >= 0.6 is 0 Å². The minimum absolute atomic E-state index is 0.471. The number of hydrogen-bond acceptors (Lipinski definition) is 5. The molecule has 19 heavy (non-hydrogen) atoms. The largest absolute Gasteiger partial charge is 0.378 e. The van der Waals surface area contributed by atoms with Crippen LogP contribution in [0.5, 0.6) is 0 Å². The lowest BCUT2D eigenvalue weighted by molar-refractivity contribution is -0.0785. The van der Waals surface area contributed by atoms with Gasteiger partial charge >= 0.3 is 0 Å². The SMILES string of the molecule is CN1CCC(OCCN2CCN(C3COC3)CC2)C1. The van der Waals surface area contributed by atoms with E-state index in [1.807, 2.05) is 0 Å². The molecule has 0 aromatic carbocycles. The highest BCUT2D eigenvalue weighted by atomic mass is 16.5. The van der Waals surface area contributed by atoms with Gasteiger partial charge in [0.05, 0.1) is 32.0 Å². The number of rotatable bonds is 5. The van der Waals surface area contributed by atoms with Gasteiger partial charge in [-0.05, 0) is 13.5 Å². The first kappa shape index (κ1) is 13.8. The predicted molar refractivity (Wildman–Crippen MR) is 74.5 cm³/mol. The van der Waals surface area contributed by atoms with Crippen molar-refractivity contribution in [2.75, 3.05) is 72.7 Å². The Morgan fingerprint density at radius 1 is 1.11 bits per heavy atom. The number of nitrogens with zero attached hydrogens (tertiary/aromatic N) is 3. The second kappa shape index (κ2) is 6.50. The van der Waals surface area contributed by atoms with E-state index in [4.69, 9.17) is 9.47 Å². The molecule has 0 aromatic heterocycles. The number of likely N-dealkylation sites (N-methyl/N-ethyl adjacent to an activating group) is 1. The first-order valence-electron chi connectivity index (χ1n) is 7.65. The Bertz CT molecular complexity index is 278. The van der Waals surface area contributed by atoms with Crippen LogP contribution in [0, 0.1) is 0 Å². The van der Waals surface area contributed by atoms with Crippen LogP contribution in [0.4, 0.5) is 0 Å². The topological polar surface area (TPSA) is 28.2 Å². The summed E-state index contributed by atoms with van der Waals surface area (Å²) in [4.78, 5) is 7.46. The molecule has 5 nitrogen and oxygen atoms in total. The molecular weight excluding hydrogens is 242 g/mol. The van der Waals surface area contributed by atoms with Crippen LogP contribution in [0.1, 0.15) is 6.42 Å². The average Bonchev–Trinajstić information content (AvgIpc) is 2.75. The maximum Gasteiger partial charge on any atom is 0.0714 e. The number of likely N-dealkylation sites (tertiary alicyclic amines) is 1. The highest BCUT2D eigenvalue weighted by molar-refractivity contribution is 4.82. The van der Waals surface area contributed by atoms with E-state index in [0.29, 0.717) is 12.1 Å². The first-order valence-corrected chi connectivity index (χ1v) is 7.65. The summed E-state index contributed by atoms with van der Waals surface area (Å²) in [6.07, 6.45) is 1.67. The molecule has 0 aliphatic carbocycles. The lowest BCUT2D eigenvalue weighted by atomic mass is 10.2.